The summed E-state index contributed by atoms with van der Waals surface area (Å²) in [5.41, 5.74) is 7.46. The molecule has 0 saturated carbocycles. The van der Waals surface area contributed by atoms with Crippen molar-refractivity contribution in [3.05, 3.63) is 39.8 Å². The molecule has 0 aliphatic heterocycles. The van der Waals surface area contributed by atoms with Gasteiger partial charge in [0.05, 0.1) is 10.5 Å². The number of rotatable bonds is 2. The summed E-state index contributed by atoms with van der Waals surface area (Å²) >= 11 is 0.516. The van der Waals surface area contributed by atoms with E-state index < -0.39 is 28.2 Å². The van der Waals surface area contributed by atoms with Crippen LogP contribution in [0.25, 0.3) is 10.4 Å². The lowest BCUT2D eigenvalue weighted by molar-refractivity contribution is -0.109. The van der Waals surface area contributed by atoms with Gasteiger partial charge < -0.3 is 0 Å². The minimum absolute atomic E-state index is 0.199. The van der Waals surface area contributed by atoms with Gasteiger partial charge in [-0.15, -0.1) is 0 Å². The van der Waals surface area contributed by atoms with E-state index in [0.29, 0.717) is 17.8 Å². The van der Waals surface area contributed by atoms with Crippen molar-refractivity contribution >= 4 is 22.8 Å². The first-order valence-electron chi connectivity index (χ1n) is 4.22. The summed E-state index contributed by atoms with van der Waals surface area (Å²) in [6.07, 6.45) is 0. The first kappa shape index (κ1) is 13.1. The third-order valence-electron chi connectivity index (χ3n) is 1.64. The van der Waals surface area contributed by atoms with Crippen molar-refractivity contribution in [3.8, 4) is 0 Å². The molecule has 0 bridgehead atoms. The zero-order valence-corrected chi connectivity index (χ0v) is 9.29. The Hall–Kier alpha value is -1.92. The standard InChI is InChI=1S/C9H5F2N3O2S/c1-4(15)17-8-2-5(9(16)13-14-12)6(10)3-7(8)11/h2-3H,1H3. The molecule has 0 aliphatic carbocycles. The summed E-state index contributed by atoms with van der Waals surface area (Å²) in [4.78, 5) is 23.9. The highest BCUT2D eigenvalue weighted by Crippen LogP contribution is 2.25. The molecule has 5 nitrogen and oxygen atoms in total. The van der Waals surface area contributed by atoms with E-state index in [9.17, 15) is 18.4 Å². The molecular weight excluding hydrogens is 252 g/mol. The van der Waals surface area contributed by atoms with E-state index in [0.717, 1.165) is 6.07 Å². The number of azide groups is 1. The van der Waals surface area contributed by atoms with Crippen molar-refractivity contribution in [2.75, 3.05) is 0 Å². The number of thioether (sulfide) groups is 1. The molecule has 0 N–H and O–H groups in total. The van der Waals surface area contributed by atoms with E-state index in [2.05, 4.69) is 10.0 Å². The van der Waals surface area contributed by atoms with Gasteiger partial charge in [-0.3, -0.25) is 9.59 Å². The molecule has 1 aromatic carbocycles. The van der Waals surface area contributed by atoms with Crippen molar-refractivity contribution in [3.63, 3.8) is 0 Å². The van der Waals surface area contributed by atoms with E-state index in [-0.39, 0.29) is 4.90 Å². The van der Waals surface area contributed by atoms with Gasteiger partial charge in [0.2, 0.25) is 0 Å². The molecule has 88 valence electrons. The Balaban J connectivity index is 3.27. The summed E-state index contributed by atoms with van der Waals surface area (Å²) in [5, 5.41) is 2.27. The largest absolute Gasteiger partial charge is 0.287 e. The Morgan fingerprint density at radius 3 is 2.53 bits per heavy atom. The van der Waals surface area contributed by atoms with E-state index in [4.69, 9.17) is 5.53 Å². The van der Waals surface area contributed by atoms with Crippen LogP contribution in [0.5, 0.6) is 0 Å². The molecule has 0 atom stereocenters. The third kappa shape index (κ3) is 3.27. The van der Waals surface area contributed by atoms with Gasteiger partial charge in [-0.05, 0) is 28.5 Å². The molecule has 8 heteroatoms. The smallest absolute Gasteiger partial charge is 0.252 e. The van der Waals surface area contributed by atoms with Gasteiger partial charge in [0, 0.05) is 17.9 Å². The van der Waals surface area contributed by atoms with Crippen LogP contribution in [0.4, 0.5) is 8.78 Å². The summed E-state index contributed by atoms with van der Waals surface area (Å²) in [6.45, 7) is 1.20. The third-order valence-corrected chi connectivity index (χ3v) is 2.46. The second-order valence-corrected chi connectivity index (χ2v) is 4.07. The number of nitrogens with zero attached hydrogens (tertiary/aromatic N) is 3. The number of carbonyl (C=O) groups is 2. The monoisotopic (exact) mass is 257 g/mol. The lowest BCUT2D eigenvalue weighted by atomic mass is 10.2. The first-order chi connectivity index (χ1) is 7.95. The molecule has 0 spiro atoms. The number of carbonyl (C=O) groups excluding carboxylic acids is 2. The van der Waals surface area contributed by atoms with Crippen LogP contribution in [0.2, 0.25) is 0 Å². The minimum atomic E-state index is -1.17. The average Bonchev–Trinajstić information content (AvgIpc) is 2.21. The molecule has 1 rings (SSSR count). The molecule has 1 amide bonds. The number of amides is 1. The fourth-order valence-electron chi connectivity index (χ4n) is 1.02. The van der Waals surface area contributed by atoms with Crippen LogP contribution in [0, 0.1) is 11.6 Å². The van der Waals surface area contributed by atoms with Crippen LogP contribution < -0.4 is 0 Å². The molecule has 1 aromatic rings. The van der Waals surface area contributed by atoms with Crippen LogP contribution in [-0.4, -0.2) is 11.0 Å². The van der Waals surface area contributed by atoms with Gasteiger partial charge in [0.1, 0.15) is 11.6 Å². The molecular formula is C9H5F2N3O2S. The van der Waals surface area contributed by atoms with E-state index in [1.165, 1.54) is 6.92 Å². The number of hydrogen-bond acceptors (Lipinski definition) is 3. The Morgan fingerprint density at radius 2 is 2.00 bits per heavy atom. The van der Waals surface area contributed by atoms with Crippen LogP contribution in [0.3, 0.4) is 0 Å². The van der Waals surface area contributed by atoms with Gasteiger partial charge in [-0.2, -0.15) is 0 Å². The van der Waals surface area contributed by atoms with Crippen LogP contribution in [0.15, 0.2) is 22.1 Å². The molecule has 0 aromatic heterocycles. The number of halogens is 2. The Bertz CT molecular complexity index is 541. The molecule has 0 aliphatic rings. The quantitative estimate of drug-likeness (QED) is 0.353. The predicted octanol–water partition coefficient (Wildman–Crippen LogP) is 3.05. The summed E-state index contributed by atoms with van der Waals surface area (Å²) < 4.78 is 26.4. The summed E-state index contributed by atoms with van der Waals surface area (Å²) in [7, 11) is 0. The topological polar surface area (TPSA) is 82.9 Å². The normalized spacial score (nSPS) is 9.59. The summed E-state index contributed by atoms with van der Waals surface area (Å²) in [6, 6.07) is 1.30. The fourth-order valence-corrected chi connectivity index (χ4v) is 1.66. The van der Waals surface area contributed by atoms with E-state index in [1.807, 2.05) is 0 Å². The van der Waals surface area contributed by atoms with Crippen molar-refractivity contribution in [1.82, 2.24) is 0 Å². The molecule has 0 unspecified atom stereocenters. The summed E-state index contributed by atoms with van der Waals surface area (Å²) in [5.74, 6) is -3.27. The number of benzene rings is 1. The Labute approximate surface area is 98.4 Å². The van der Waals surface area contributed by atoms with Gasteiger partial charge >= 0.3 is 0 Å². The van der Waals surface area contributed by atoms with Crippen molar-refractivity contribution in [1.29, 1.82) is 0 Å². The number of hydrogen-bond donors (Lipinski definition) is 0. The lowest BCUT2D eigenvalue weighted by Crippen LogP contribution is -2.01. The van der Waals surface area contributed by atoms with Crippen LogP contribution in [-0.2, 0) is 4.79 Å². The fraction of sp³-hybridized carbons (Fsp3) is 0.111. The van der Waals surface area contributed by atoms with E-state index in [1.54, 1.807) is 0 Å². The highest BCUT2D eigenvalue weighted by molar-refractivity contribution is 8.13. The molecule has 0 heterocycles. The maximum absolute atomic E-state index is 13.2. The maximum atomic E-state index is 13.2. The molecule has 0 fully saturated rings. The van der Waals surface area contributed by atoms with Crippen molar-refractivity contribution in [2.24, 2.45) is 5.11 Å². The van der Waals surface area contributed by atoms with E-state index >= 15 is 0 Å². The highest BCUT2D eigenvalue weighted by atomic mass is 32.2. The van der Waals surface area contributed by atoms with Crippen molar-refractivity contribution in [2.45, 2.75) is 11.8 Å². The van der Waals surface area contributed by atoms with Crippen LogP contribution >= 0.6 is 11.8 Å². The zero-order valence-electron chi connectivity index (χ0n) is 8.48. The molecule has 0 radical (unpaired) electrons. The lowest BCUT2D eigenvalue weighted by Gasteiger charge is -2.03. The average molecular weight is 257 g/mol. The molecule has 0 saturated heterocycles. The van der Waals surface area contributed by atoms with Gasteiger partial charge in [0.15, 0.2) is 5.12 Å². The predicted molar refractivity (Wildman–Crippen MR) is 56.4 cm³/mol. The van der Waals surface area contributed by atoms with Crippen molar-refractivity contribution < 1.29 is 18.4 Å². The van der Waals surface area contributed by atoms with Gasteiger partial charge in [-0.1, -0.05) is 0 Å². The zero-order chi connectivity index (χ0) is 13.0. The molecule has 17 heavy (non-hydrogen) atoms. The SMILES string of the molecule is CC(=O)Sc1cc(C(=O)N=[N+]=[N-])c(F)cc1F. The van der Waals surface area contributed by atoms with Crippen LogP contribution in [0.1, 0.15) is 17.3 Å². The Kier molecular flexibility index (Phi) is 4.19. The maximum Gasteiger partial charge on any atom is 0.252 e. The van der Waals surface area contributed by atoms with Gasteiger partial charge in [0.25, 0.3) is 5.91 Å². The highest BCUT2D eigenvalue weighted by Gasteiger charge is 2.16. The van der Waals surface area contributed by atoms with Gasteiger partial charge in [-0.25, -0.2) is 8.78 Å². The second-order valence-electron chi connectivity index (χ2n) is 2.85. The first-order valence-corrected chi connectivity index (χ1v) is 5.04. The minimum Gasteiger partial charge on any atom is -0.287 e. The Morgan fingerprint density at radius 1 is 1.35 bits per heavy atom. The second kappa shape index (κ2) is 5.42.